The van der Waals surface area contributed by atoms with Crippen LogP contribution in [0.4, 0.5) is 4.39 Å². The van der Waals surface area contributed by atoms with Crippen LogP contribution in [-0.2, 0) is 14.3 Å². The van der Waals surface area contributed by atoms with Gasteiger partial charge in [-0.05, 0) is 33.8 Å². The Morgan fingerprint density at radius 1 is 1.33 bits per heavy atom. The maximum absolute atomic E-state index is 13.6. The zero-order chi connectivity index (χ0) is 16.2. The lowest BCUT2D eigenvalue weighted by Crippen LogP contribution is -2.27. The van der Waals surface area contributed by atoms with Crippen LogP contribution in [0.1, 0.15) is 31.9 Å². The van der Waals surface area contributed by atoms with Gasteiger partial charge >= 0.3 is 5.97 Å². The number of halogens is 1. The molecule has 0 aliphatic heterocycles. The number of benzene rings is 1. The summed E-state index contributed by atoms with van der Waals surface area (Å²) in [5.74, 6) is -0.422. The van der Waals surface area contributed by atoms with E-state index in [0.717, 1.165) is 0 Å². The zero-order valence-corrected chi connectivity index (χ0v) is 13.1. The predicted molar refractivity (Wildman–Crippen MR) is 78.5 cm³/mol. The van der Waals surface area contributed by atoms with Crippen LogP contribution in [0.2, 0.25) is 0 Å². The van der Waals surface area contributed by atoms with Gasteiger partial charge in [0, 0.05) is 17.2 Å². The molecule has 1 aromatic carbocycles. The Morgan fingerprint density at radius 2 is 1.95 bits per heavy atom. The van der Waals surface area contributed by atoms with E-state index in [1.165, 1.54) is 19.2 Å². The van der Waals surface area contributed by atoms with E-state index in [-0.39, 0.29) is 12.4 Å². The molecule has 0 fully saturated rings. The van der Waals surface area contributed by atoms with E-state index in [4.69, 9.17) is 14.2 Å². The van der Waals surface area contributed by atoms with Crippen LogP contribution in [0.25, 0.3) is 5.76 Å². The third-order valence-corrected chi connectivity index (χ3v) is 2.64. The largest absolute Gasteiger partial charge is 0.497 e. The molecule has 0 saturated carbocycles. The fourth-order valence-electron chi connectivity index (χ4n) is 1.71. The Kier molecular flexibility index (Phi) is 5.35. The molecule has 21 heavy (non-hydrogen) atoms. The van der Waals surface area contributed by atoms with E-state index in [0.29, 0.717) is 16.9 Å². The van der Waals surface area contributed by atoms with Gasteiger partial charge in [0.2, 0.25) is 0 Å². The van der Waals surface area contributed by atoms with Gasteiger partial charge in [-0.3, -0.25) is 0 Å². The van der Waals surface area contributed by atoms with E-state index in [1.807, 2.05) is 0 Å². The molecule has 0 saturated heterocycles. The van der Waals surface area contributed by atoms with Crippen molar-refractivity contribution in [2.24, 2.45) is 0 Å². The lowest BCUT2D eigenvalue weighted by Gasteiger charge is -2.20. The SMILES string of the molecule is C=C(OC)c1cc(F)cc(OCC(=O)OC(C)(C)C)c1C. The van der Waals surface area contributed by atoms with Crippen LogP contribution in [0.3, 0.4) is 0 Å². The molecule has 116 valence electrons. The highest BCUT2D eigenvalue weighted by atomic mass is 19.1. The van der Waals surface area contributed by atoms with E-state index in [2.05, 4.69) is 6.58 Å². The van der Waals surface area contributed by atoms with Gasteiger partial charge in [0.05, 0.1) is 7.11 Å². The minimum absolute atomic E-state index is 0.258. The maximum Gasteiger partial charge on any atom is 0.344 e. The van der Waals surface area contributed by atoms with E-state index < -0.39 is 17.4 Å². The Morgan fingerprint density at radius 3 is 2.48 bits per heavy atom. The summed E-state index contributed by atoms with van der Waals surface area (Å²) in [7, 11) is 1.45. The minimum atomic E-state index is -0.590. The monoisotopic (exact) mass is 296 g/mol. The molecule has 0 spiro atoms. The molecular formula is C16H21FO4. The van der Waals surface area contributed by atoms with Crippen molar-refractivity contribution in [1.29, 1.82) is 0 Å². The Balaban J connectivity index is 2.87. The van der Waals surface area contributed by atoms with Crippen LogP contribution in [-0.4, -0.2) is 25.3 Å². The zero-order valence-electron chi connectivity index (χ0n) is 13.1. The number of hydrogen-bond acceptors (Lipinski definition) is 4. The summed E-state index contributed by atoms with van der Waals surface area (Å²) in [5.41, 5.74) is 0.552. The number of esters is 1. The minimum Gasteiger partial charge on any atom is -0.497 e. The van der Waals surface area contributed by atoms with Crippen molar-refractivity contribution in [2.75, 3.05) is 13.7 Å². The number of carbonyl (C=O) groups excluding carboxylic acids is 1. The van der Waals surface area contributed by atoms with E-state index >= 15 is 0 Å². The molecule has 0 unspecified atom stereocenters. The second kappa shape index (κ2) is 6.61. The molecule has 0 heterocycles. The van der Waals surface area contributed by atoms with E-state index in [1.54, 1.807) is 27.7 Å². The molecule has 0 bridgehead atoms. The van der Waals surface area contributed by atoms with Crippen molar-refractivity contribution in [2.45, 2.75) is 33.3 Å². The van der Waals surface area contributed by atoms with Gasteiger partial charge in [-0.15, -0.1) is 0 Å². The first-order chi connectivity index (χ1) is 9.64. The highest BCUT2D eigenvalue weighted by Gasteiger charge is 2.18. The summed E-state index contributed by atoms with van der Waals surface area (Å²) in [6, 6.07) is 2.52. The quantitative estimate of drug-likeness (QED) is 0.616. The summed E-state index contributed by atoms with van der Waals surface area (Å²) < 4.78 is 29.1. The highest BCUT2D eigenvalue weighted by Crippen LogP contribution is 2.28. The molecule has 0 aliphatic carbocycles. The third kappa shape index (κ3) is 5.10. The Labute approximate surface area is 124 Å². The molecule has 0 amide bonds. The second-order valence-corrected chi connectivity index (χ2v) is 5.58. The van der Waals surface area contributed by atoms with Crippen molar-refractivity contribution >= 4 is 11.7 Å². The van der Waals surface area contributed by atoms with Crippen LogP contribution >= 0.6 is 0 Å². The molecule has 0 atom stereocenters. The van der Waals surface area contributed by atoms with Crippen molar-refractivity contribution < 1.29 is 23.4 Å². The normalized spacial score (nSPS) is 11.0. The third-order valence-electron chi connectivity index (χ3n) is 2.64. The summed E-state index contributed by atoms with van der Waals surface area (Å²) in [6.45, 7) is 10.4. The van der Waals surface area contributed by atoms with E-state index in [9.17, 15) is 9.18 Å². The molecular weight excluding hydrogens is 275 g/mol. The number of methoxy groups -OCH3 is 1. The summed E-state index contributed by atoms with van der Waals surface area (Å²) in [5, 5.41) is 0. The fourth-order valence-corrected chi connectivity index (χ4v) is 1.71. The van der Waals surface area contributed by atoms with Gasteiger partial charge in [-0.2, -0.15) is 0 Å². The molecule has 5 heteroatoms. The molecule has 1 rings (SSSR count). The lowest BCUT2D eigenvalue weighted by atomic mass is 10.1. The first kappa shape index (κ1) is 17.0. The number of hydrogen-bond donors (Lipinski definition) is 0. The number of ether oxygens (including phenoxy) is 3. The van der Waals surface area contributed by atoms with Gasteiger partial charge in [-0.1, -0.05) is 6.58 Å². The predicted octanol–water partition coefficient (Wildman–Crippen LogP) is 3.47. The Bertz CT molecular complexity index is 544. The highest BCUT2D eigenvalue weighted by molar-refractivity contribution is 5.72. The molecule has 0 radical (unpaired) electrons. The molecule has 0 aromatic heterocycles. The average Bonchev–Trinajstić information content (AvgIpc) is 2.36. The smallest absolute Gasteiger partial charge is 0.344 e. The van der Waals surface area contributed by atoms with Crippen LogP contribution < -0.4 is 4.74 Å². The van der Waals surface area contributed by atoms with Crippen molar-refractivity contribution in [3.05, 3.63) is 35.7 Å². The van der Waals surface area contributed by atoms with Gasteiger partial charge in [-0.25, -0.2) is 9.18 Å². The Hall–Kier alpha value is -2.04. The fraction of sp³-hybridized carbons (Fsp3) is 0.438. The van der Waals surface area contributed by atoms with Gasteiger partial charge in [0.25, 0.3) is 0 Å². The number of rotatable bonds is 5. The first-order valence-corrected chi connectivity index (χ1v) is 6.52. The van der Waals surface area contributed by atoms with Crippen molar-refractivity contribution in [1.82, 2.24) is 0 Å². The molecule has 4 nitrogen and oxygen atoms in total. The first-order valence-electron chi connectivity index (χ1n) is 6.52. The molecule has 0 aliphatic rings. The van der Waals surface area contributed by atoms with Crippen molar-refractivity contribution in [3.63, 3.8) is 0 Å². The topological polar surface area (TPSA) is 44.8 Å². The summed E-state index contributed by atoms with van der Waals surface area (Å²) in [6.07, 6.45) is 0. The van der Waals surface area contributed by atoms with Crippen LogP contribution in [0, 0.1) is 12.7 Å². The number of carbonyl (C=O) groups is 1. The maximum atomic E-state index is 13.6. The molecule has 0 N–H and O–H groups in total. The van der Waals surface area contributed by atoms with Crippen LogP contribution in [0.15, 0.2) is 18.7 Å². The van der Waals surface area contributed by atoms with Crippen LogP contribution in [0.5, 0.6) is 5.75 Å². The standard InChI is InChI=1S/C16H21FO4/c1-10-13(11(2)19-6)7-12(17)8-14(10)20-9-15(18)21-16(3,4)5/h7-8H,2,9H2,1,3-6H3. The average molecular weight is 296 g/mol. The van der Waals surface area contributed by atoms with Crippen molar-refractivity contribution in [3.8, 4) is 5.75 Å². The second-order valence-electron chi connectivity index (χ2n) is 5.58. The summed E-state index contributed by atoms with van der Waals surface area (Å²) in [4.78, 5) is 11.6. The summed E-state index contributed by atoms with van der Waals surface area (Å²) >= 11 is 0. The van der Waals surface area contributed by atoms with Gasteiger partial charge in [0.15, 0.2) is 6.61 Å². The van der Waals surface area contributed by atoms with Gasteiger partial charge in [0.1, 0.15) is 22.9 Å². The van der Waals surface area contributed by atoms with Gasteiger partial charge < -0.3 is 14.2 Å². The molecule has 1 aromatic rings. The lowest BCUT2D eigenvalue weighted by molar-refractivity contribution is -0.157.